The number of nitrogens with zero attached hydrogens (tertiary/aromatic N) is 5. The molecule has 0 atom stereocenters. The molecule has 6 nitrogen and oxygen atoms in total. The standard InChI is InChI=1S/C22H20F2N6/c1-13-5-4-6-14(11-13)19-18-20(25)30(17-12-15(23)7-8-16(17)24)28-21(18)27-22(26-19)29-9-2-3-10-29/h4-8,11-12H,2-3,9-10,25H2,1H3. The third-order valence-electron chi connectivity index (χ3n) is 5.37. The Kier molecular flexibility index (Phi) is 4.34. The zero-order valence-corrected chi connectivity index (χ0v) is 16.4. The number of halogens is 2. The van der Waals surface area contributed by atoms with E-state index in [1.807, 2.05) is 31.2 Å². The molecule has 0 radical (unpaired) electrons. The van der Waals surface area contributed by atoms with Crippen LogP contribution in [0.4, 0.5) is 20.5 Å². The van der Waals surface area contributed by atoms with Gasteiger partial charge in [-0.3, -0.25) is 0 Å². The lowest BCUT2D eigenvalue weighted by Gasteiger charge is -2.16. The quantitative estimate of drug-likeness (QED) is 0.551. The van der Waals surface area contributed by atoms with Crippen molar-refractivity contribution in [3.05, 3.63) is 59.7 Å². The highest BCUT2D eigenvalue weighted by atomic mass is 19.1. The van der Waals surface area contributed by atoms with Gasteiger partial charge in [0, 0.05) is 24.7 Å². The fraction of sp³-hybridized carbons (Fsp3) is 0.227. The molecule has 1 aliphatic rings. The first kappa shape index (κ1) is 18.5. The Hall–Kier alpha value is -3.55. The number of hydrogen-bond donors (Lipinski definition) is 1. The SMILES string of the molecule is Cc1cccc(-c2nc(N3CCCC3)nc3nn(-c4cc(F)ccc4F)c(N)c23)c1. The lowest BCUT2D eigenvalue weighted by Crippen LogP contribution is -2.20. The van der Waals surface area contributed by atoms with E-state index in [1.165, 1.54) is 4.68 Å². The third kappa shape index (κ3) is 3.04. The molecule has 0 bridgehead atoms. The topological polar surface area (TPSA) is 72.9 Å². The van der Waals surface area contributed by atoms with Crippen molar-refractivity contribution in [2.45, 2.75) is 19.8 Å². The molecule has 0 aliphatic carbocycles. The van der Waals surface area contributed by atoms with Crippen molar-refractivity contribution in [3.63, 3.8) is 0 Å². The summed E-state index contributed by atoms with van der Waals surface area (Å²) < 4.78 is 29.4. The van der Waals surface area contributed by atoms with Crippen molar-refractivity contribution >= 4 is 22.8 Å². The highest BCUT2D eigenvalue weighted by molar-refractivity contribution is 5.99. The second-order valence-corrected chi connectivity index (χ2v) is 7.53. The van der Waals surface area contributed by atoms with E-state index in [1.54, 1.807) is 0 Å². The van der Waals surface area contributed by atoms with E-state index in [4.69, 9.17) is 10.7 Å². The van der Waals surface area contributed by atoms with E-state index >= 15 is 0 Å². The van der Waals surface area contributed by atoms with Crippen molar-refractivity contribution in [2.75, 3.05) is 23.7 Å². The van der Waals surface area contributed by atoms with Gasteiger partial charge >= 0.3 is 0 Å². The van der Waals surface area contributed by atoms with Crippen LogP contribution < -0.4 is 10.6 Å². The molecule has 2 aromatic heterocycles. The summed E-state index contributed by atoms with van der Waals surface area (Å²) >= 11 is 0. The average molecular weight is 406 g/mol. The minimum Gasteiger partial charge on any atom is -0.383 e. The summed E-state index contributed by atoms with van der Waals surface area (Å²) in [5, 5.41) is 4.95. The molecule has 0 spiro atoms. The first-order valence-corrected chi connectivity index (χ1v) is 9.85. The molecule has 2 aromatic carbocycles. The molecule has 30 heavy (non-hydrogen) atoms. The smallest absolute Gasteiger partial charge is 0.228 e. The third-order valence-corrected chi connectivity index (χ3v) is 5.37. The highest BCUT2D eigenvalue weighted by Crippen LogP contribution is 2.34. The molecule has 2 N–H and O–H groups in total. The number of hydrogen-bond acceptors (Lipinski definition) is 5. The number of nitrogen functional groups attached to an aromatic ring is 1. The van der Waals surface area contributed by atoms with Crippen LogP contribution in [-0.2, 0) is 0 Å². The zero-order valence-electron chi connectivity index (χ0n) is 16.4. The Morgan fingerprint density at radius 3 is 2.57 bits per heavy atom. The molecular formula is C22H20F2N6. The summed E-state index contributed by atoms with van der Waals surface area (Å²) in [7, 11) is 0. The molecule has 1 fully saturated rings. The van der Waals surface area contributed by atoms with Crippen molar-refractivity contribution < 1.29 is 8.78 Å². The van der Waals surface area contributed by atoms with Gasteiger partial charge in [0.05, 0.1) is 11.1 Å². The number of nitrogens with two attached hydrogens (primary N) is 1. The maximum absolute atomic E-state index is 14.4. The molecule has 0 amide bonds. The van der Waals surface area contributed by atoms with Crippen LogP contribution in [0.1, 0.15) is 18.4 Å². The number of aromatic nitrogens is 4. The first-order chi connectivity index (χ1) is 14.5. The molecule has 0 saturated carbocycles. The molecule has 152 valence electrons. The van der Waals surface area contributed by atoms with E-state index < -0.39 is 11.6 Å². The molecule has 0 unspecified atom stereocenters. The van der Waals surface area contributed by atoms with Gasteiger partial charge in [0.2, 0.25) is 5.95 Å². The summed E-state index contributed by atoms with van der Waals surface area (Å²) in [6.45, 7) is 3.74. The highest BCUT2D eigenvalue weighted by Gasteiger charge is 2.23. The lowest BCUT2D eigenvalue weighted by molar-refractivity contribution is 0.588. The largest absolute Gasteiger partial charge is 0.383 e. The van der Waals surface area contributed by atoms with Gasteiger partial charge < -0.3 is 10.6 Å². The Bertz CT molecular complexity index is 1260. The second kappa shape index (κ2) is 7.05. The van der Waals surface area contributed by atoms with E-state index in [-0.39, 0.29) is 11.5 Å². The Morgan fingerprint density at radius 2 is 1.80 bits per heavy atom. The van der Waals surface area contributed by atoms with Crippen molar-refractivity contribution in [2.24, 2.45) is 0 Å². The van der Waals surface area contributed by atoms with E-state index in [9.17, 15) is 8.78 Å². The van der Waals surface area contributed by atoms with Gasteiger partial charge in [0.25, 0.3) is 0 Å². The maximum Gasteiger partial charge on any atom is 0.228 e. The van der Waals surface area contributed by atoms with Crippen LogP contribution in [0.25, 0.3) is 28.0 Å². The van der Waals surface area contributed by atoms with Gasteiger partial charge in [-0.25, -0.2) is 18.4 Å². The van der Waals surface area contributed by atoms with Crippen LogP contribution in [0.2, 0.25) is 0 Å². The Balaban J connectivity index is 1.79. The van der Waals surface area contributed by atoms with Crippen LogP contribution in [0.3, 0.4) is 0 Å². The minimum absolute atomic E-state index is 0.0663. The Labute approximate surface area is 172 Å². The molecule has 4 aromatic rings. The summed E-state index contributed by atoms with van der Waals surface area (Å²) in [5.41, 5.74) is 9.25. The van der Waals surface area contributed by atoms with Gasteiger partial charge in [0.15, 0.2) is 5.65 Å². The van der Waals surface area contributed by atoms with Crippen molar-refractivity contribution in [1.82, 2.24) is 19.7 Å². The van der Waals surface area contributed by atoms with Crippen LogP contribution in [0.5, 0.6) is 0 Å². The summed E-state index contributed by atoms with van der Waals surface area (Å²) in [6, 6.07) is 11.1. The predicted octanol–water partition coefficient (Wildman–Crippen LogP) is 4.25. The van der Waals surface area contributed by atoms with E-state index in [2.05, 4.69) is 15.0 Å². The molecular weight excluding hydrogens is 386 g/mol. The zero-order chi connectivity index (χ0) is 20.8. The molecule has 1 aliphatic heterocycles. The predicted molar refractivity (Wildman–Crippen MR) is 113 cm³/mol. The van der Waals surface area contributed by atoms with Crippen LogP contribution in [0.15, 0.2) is 42.5 Å². The fourth-order valence-corrected chi connectivity index (χ4v) is 3.89. The minimum atomic E-state index is -0.624. The van der Waals surface area contributed by atoms with Gasteiger partial charge in [-0.05, 0) is 38.0 Å². The maximum atomic E-state index is 14.4. The van der Waals surface area contributed by atoms with Crippen molar-refractivity contribution in [1.29, 1.82) is 0 Å². The normalized spacial score (nSPS) is 14.0. The number of aryl methyl sites for hydroxylation is 1. The van der Waals surface area contributed by atoms with Crippen LogP contribution in [0, 0.1) is 18.6 Å². The number of rotatable bonds is 3. The molecule has 1 saturated heterocycles. The van der Waals surface area contributed by atoms with Gasteiger partial charge in [0.1, 0.15) is 23.1 Å². The number of anilines is 2. The van der Waals surface area contributed by atoms with E-state index in [0.29, 0.717) is 22.7 Å². The van der Waals surface area contributed by atoms with Crippen LogP contribution in [-0.4, -0.2) is 32.8 Å². The molecule has 3 heterocycles. The lowest BCUT2D eigenvalue weighted by atomic mass is 10.1. The summed E-state index contributed by atoms with van der Waals surface area (Å²) in [4.78, 5) is 11.5. The van der Waals surface area contributed by atoms with Gasteiger partial charge in [-0.2, -0.15) is 4.98 Å². The van der Waals surface area contributed by atoms with E-state index in [0.717, 1.165) is 55.3 Å². The molecule has 5 rings (SSSR count). The number of fused-ring (bicyclic) bond motifs is 1. The fourth-order valence-electron chi connectivity index (χ4n) is 3.89. The summed E-state index contributed by atoms with van der Waals surface area (Å²) in [5.74, 6) is -0.464. The Morgan fingerprint density at radius 1 is 1.00 bits per heavy atom. The first-order valence-electron chi connectivity index (χ1n) is 9.85. The van der Waals surface area contributed by atoms with Crippen LogP contribution >= 0.6 is 0 Å². The average Bonchev–Trinajstić information content (AvgIpc) is 3.38. The van der Waals surface area contributed by atoms with Gasteiger partial charge in [-0.15, -0.1) is 5.10 Å². The number of benzene rings is 2. The summed E-state index contributed by atoms with van der Waals surface area (Å²) in [6.07, 6.45) is 2.15. The second-order valence-electron chi connectivity index (χ2n) is 7.53. The monoisotopic (exact) mass is 406 g/mol. The van der Waals surface area contributed by atoms with Crippen molar-refractivity contribution in [3.8, 4) is 16.9 Å². The molecule has 8 heteroatoms. The van der Waals surface area contributed by atoms with Gasteiger partial charge in [-0.1, -0.05) is 23.8 Å².